The molecule has 0 amide bonds. The highest BCUT2D eigenvalue weighted by atomic mass is 127. The Balaban J connectivity index is 1.98. The van der Waals surface area contributed by atoms with E-state index in [2.05, 4.69) is 58.2 Å². The first-order chi connectivity index (χ1) is 9.69. The van der Waals surface area contributed by atoms with E-state index in [9.17, 15) is 0 Å². The van der Waals surface area contributed by atoms with Crippen LogP contribution in [0.2, 0.25) is 5.02 Å². The lowest BCUT2D eigenvalue weighted by Crippen LogP contribution is -2.18. The molecule has 2 nitrogen and oxygen atoms in total. The molecule has 0 radical (unpaired) electrons. The predicted octanol–water partition coefficient (Wildman–Crippen LogP) is 4.28. The first-order valence-electron chi connectivity index (χ1n) is 6.50. The largest absolute Gasteiger partial charge is 0.372 e. The molecule has 20 heavy (non-hydrogen) atoms. The second-order valence-electron chi connectivity index (χ2n) is 4.92. The van der Waals surface area contributed by atoms with Crippen molar-refractivity contribution in [3.63, 3.8) is 0 Å². The van der Waals surface area contributed by atoms with Gasteiger partial charge in [-0.25, -0.2) is 0 Å². The molecule has 1 heterocycles. The van der Waals surface area contributed by atoms with Crippen LogP contribution in [0.3, 0.4) is 0 Å². The number of halogens is 2. The summed E-state index contributed by atoms with van der Waals surface area (Å²) in [6, 6.07) is 12.9. The molecule has 0 aromatic heterocycles. The lowest BCUT2D eigenvalue weighted by molar-refractivity contribution is 0.134. The summed E-state index contributed by atoms with van der Waals surface area (Å²) in [6.07, 6.45) is 0. The average molecular weight is 400 g/mol. The van der Waals surface area contributed by atoms with E-state index in [4.69, 9.17) is 16.3 Å². The Labute approximate surface area is 137 Å². The molecule has 2 aromatic carbocycles. The van der Waals surface area contributed by atoms with Crippen molar-refractivity contribution < 1.29 is 4.74 Å². The van der Waals surface area contributed by atoms with E-state index in [1.807, 2.05) is 13.1 Å². The first kappa shape index (κ1) is 14.3. The molecule has 1 aliphatic heterocycles. The monoisotopic (exact) mass is 399 g/mol. The minimum Gasteiger partial charge on any atom is -0.372 e. The zero-order valence-electron chi connectivity index (χ0n) is 11.1. The topological polar surface area (TPSA) is 21.3 Å². The maximum Gasteiger partial charge on any atom is 0.0725 e. The minimum absolute atomic E-state index is 0.149. The standard InChI is InChI=1S/C16H15ClINO/c1-19-16(11-4-5-15(18)14(17)7-11)10-2-3-12-8-20-9-13(12)6-10/h2-7,16,19H,8-9H2,1H3. The van der Waals surface area contributed by atoms with Crippen LogP contribution in [-0.4, -0.2) is 7.05 Å². The molecular formula is C16H15ClINO. The normalized spacial score (nSPS) is 15.2. The molecule has 1 aliphatic rings. The van der Waals surface area contributed by atoms with Gasteiger partial charge in [-0.2, -0.15) is 0 Å². The van der Waals surface area contributed by atoms with Crippen LogP contribution in [0.4, 0.5) is 0 Å². The number of hydrogen-bond acceptors (Lipinski definition) is 2. The van der Waals surface area contributed by atoms with Gasteiger partial charge in [0.2, 0.25) is 0 Å². The van der Waals surface area contributed by atoms with E-state index in [1.165, 1.54) is 22.3 Å². The number of hydrogen-bond donors (Lipinski definition) is 1. The van der Waals surface area contributed by atoms with E-state index < -0.39 is 0 Å². The van der Waals surface area contributed by atoms with Gasteiger partial charge in [0.1, 0.15) is 0 Å². The first-order valence-corrected chi connectivity index (χ1v) is 7.96. The third-order valence-corrected chi connectivity index (χ3v) is 5.22. The summed E-state index contributed by atoms with van der Waals surface area (Å²) in [4.78, 5) is 0. The van der Waals surface area contributed by atoms with Crippen molar-refractivity contribution in [2.75, 3.05) is 7.05 Å². The summed E-state index contributed by atoms with van der Waals surface area (Å²) in [5.41, 5.74) is 5.01. The molecule has 1 N–H and O–H groups in total. The van der Waals surface area contributed by atoms with Crippen molar-refractivity contribution in [3.8, 4) is 0 Å². The Morgan fingerprint density at radius 2 is 1.80 bits per heavy atom. The van der Waals surface area contributed by atoms with E-state index >= 15 is 0 Å². The third kappa shape index (κ3) is 2.72. The van der Waals surface area contributed by atoms with Crippen LogP contribution >= 0.6 is 34.2 Å². The molecule has 4 heteroatoms. The average Bonchev–Trinajstić information content (AvgIpc) is 2.91. The Morgan fingerprint density at radius 3 is 2.55 bits per heavy atom. The molecule has 0 bridgehead atoms. The molecule has 1 atom stereocenters. The molecule has 0 spiro atoms. The van der Waals surface area contributed by atoms with Gasteiger partial charge < -0.3 is 10.1 Å². The molecule has 1 unspecified atom stereocenters. The molecule has 104 valence electrons. The summed E-state index contributed by atoms with van der Waals surface area (Å²) in [5.74, 6) is 0. The number of rotatable bonds is 3. The zero-order valence-corrected chi connectivity index (χ0v) is 14.0. The number of benzene rings is 2. The Kier molecular flexibility index (Phi) is 4.31. The van der Waals surface area contributed by atoms with Crippen LogP contribution in [0.1, 0.15) is 28.3 Å². The second-order valence-corrected chi connectivity index (χ2v) is 6.49. The van der Waals surface area contributed by atoms with Crippen LogP contribution in [0.15, 0.2) is 36.4 Å². The molecular weight excluding hydrogens is 385 g/mol. The van der Waals surface area contributed by atoms with Gasteiger partial charge in [0.25, 0.3) is 0 Å². The highest BCUT2D eigenvalue weighted by Gasteiger charge is 2.17. The van der Waals surface area contributed by atoms with Crippen LogP contribution in [0.25, 0.3) is 0 Å². The highest BCUT2D eigenvalue weighted by Crippen LogP contribution is 2.29. The summed E-state index contributed by atoms with van der Waals surface area (Å²) < 4.78 is 6.56. The molecule has 2 aromatic rings. The Bertz CT molecular complexity index is 644. The van der Waals surface area contributed by atoms with Crippen LogP contribution in [-0.2, 0) is 18.0 Å². The maximum atomic E-state index is 6.24. The van der Waals surface area contributed by atoms with Gasteiger partial charge in [-0.3, -0.25) is 0 Å². The van der Waals surface area contributed by atoms with Gasteiger partial charge in [-0.15, -0.1) is 0 Å². The second kappa shape index (κ2) is 6.02. The third-order valence-electron chi connectivity index (χ3n) is 3.64. The van der Waals surface area contributed by atoms with E-state index in [0.29, 0.717) is 6.61 Å². The molecule has 0 aliphatic carbocycles. The fourth-order valence-corrected chi connectivity index (χ4v) is 3.11. The van der Waals surface area contributed by atoms with E-state index in [0.717, 1.165) is 15.2 Å². The van der Waals surface area contributed by atoms with Gasteiger partial charge in [-0.1, -0.05) is 35.9 Å². The lowest BCUT2D eigenvalue weighted by Gasteiger charge is -2.18. The SMILES string of the molecule is CNC(c1ccc(I)c(Cl)c1)c1ccc2c(c1)COC2. The maximum absolute atomic E-state index is 6.24. The van der Waals surface area contributed by atoms with Crippen molar-refractivity contribution >= 4 is 34.2 Å². The summed E-state index contributed by atoms with van der Waals surface area (Å²) in [6.45, 7) is 1.45. The number of nitrogens with one attached hydrogen (secondary N) is 1. The van der Waals surface area contributed by atoms with Crippen LogP contribution in [0.5, 0.6) is 0 Å². The van der Waals surface area contributed by atoms with Gasteiger partial charge in [-0.05, 0) is 64.0 Å². The van der Waals surface area contributed by atoms with Gasteiger partial charge in [0.05, 0.1) is 24.3 Å². The van der Waals surface area contributed by atoms with Crippen molar-refractivity contribution in [2.45, 2.75) is 19.3 Å². The summed E-state index contributed by atoms with van der Waals surface area (Å²) in [5, 5.41) is 4.17. The fourth-order valence-electron chi connectivity index (χ4n) is 2.59. The quantitative estimate of drug-likeness (QED) is 0.778. The number of ether oxygens (including phenoxy) is 1. The Hall–Kier alpha value is -0.620. The predicted molar refractivity (Wildman–Crippen MR) is 90.0 cm³/mol. The lowest BCUT2D eigenvalue weighted by atomic mass is 9.96. The van der Waals surface area contributed by atoms with Crippen molar-refractivity contribution in [1.82, 2.24) is 5.32 Å². The smallest absolute Gasteiger partial charge is 0.0725 e. The highest BCUT2D eigenvalue weighted by molar-refractivity contribution is 14.1. The molecule has 0 saturated heterocycles. The van der Waals surface area contributed by atoms with Gasteiger partial charge in [0, 0.05) is 3.57 Å². The minimum atomic E-state index is 0.149. The van der Waals surface area contributed by atoms with Crippen molar-refractivity contribution in [2.24, 2.45) is 0 Å². The number of fused-ring (bicyclic) bond motifs is 1. The van der Waals surface area contributed by atoms with Crippen LogP contribution < -0.4 is 5.32 Å². The van der Waals surface area contributed by atoms with Gasteiger partial charge in [0.15, 0.2) is 0 Å². The summed E-state index contributed by atoms with van der Waals surface area (Å²) in [7, 11) is 1.97. The fraction of sp³-hybridized carbons (Fsp3) is 0.250. The van der Waals surface area contributed by atoms with Crippen LogP contribution in [0, 0.1) is 3.57 Å². The molecule has 0 fully saturated rings. The zero-order chi connectivity index (χ0) is 14.1. The van der Waals surface area contributed by atoms with E-state index in [-0.39, 0.29) is 6.04 Å². The van der Waals surface area contributed by atoms with Crippen molar-refractivity contribution in [3.05, 3.63) is 67.2 Å². The molecule has 3 rings (SSSR count). The molecule has 0 saturated carbocycles. The van der Waals surface area contributed by atoms with E-state index in [1.54, 1.807) is 0 Å². The van der Waals surface area contributed by atoms with Gasteiger partial charge >= 0.3 is 0 Å². The Morgan fingerprint density at radius 1 is 1.10 bits per heavy atom. The summed E-state index contributed by atoms with van der Waals surface area (Å²) >= 11 is 8.49. The van der Waals surface area contributed by atoms with Crippen molar-refractivity contribution in [1.29, 1.82) is 0 Å².